The summed E-state index contributed by atoms with van der Waals surface area (Å²) in [6.07, 6.45) is 4.69. The molecule has 2 heterocycles. The van der Waals surface area contributed by atoms with Crippen LogP contribution in [0.1, 0.15) is 5.69 Å². The number of tetrazole rings is 1. The number of rotatable bonds is 4. The predicted octanol–water partition coefficient (Wildman–Crippen LogP) is 2.47. The second-order valence-electron chi connectivity index (χ2n) is 5.81. The number of hydrogen-bond donors (Lipinski definition) is 1. The summed E-state index contributed by atoms with van der Waals surface area (Å²) in [4.78, 5) is 21.0. The maximum atomic E-state index is 12.2. The van der Waals surface area contributed by atoms with Crippen LogP contribution in [0.5, 0.6) is 0 Å². The molecule has 0 spiro atoms. The van der Waals surface area contributed by atoms with Gasteiger partial charge in [0, 0.05) is 24.4 Å². The third-order valence-corrected chi connectivity index (χ3v) is 3.88. The van der Waals surface area contributed by atoms with Crippen LogP contribution in [-0.2, 0) is 11.8 Å². The van der Waals surface area contributed by atoms with E-state index in [1.54, 1.807) is 30.1 Å². The van der Waals surface area contributed by atoms with Crippen LogP contribution in [0.3, 0.4) is 0 Å². The van der Waals surface area contributed by atoms with Crippen molar-refractivity contribution in [2.75, 3.05) is 5.32 Å². The minimum atomic E-state index is -0.266. The number of benzene rings is 2. The zero-order valence-corrected chi connectivity index (χ0v) is 14.4. The van der Waals surface area contributed by atoms with Crippen LogP contribution < -0.4 is 5.32 Å². The number of nitrogens with zero attached hydrogens (tertiary/aromatic N) is 6. The average molecular weight is 357 g/mol. The third kappa shape index (κ3) is 3.69. The van der Waals surface area contributed by atoms with Crippen molar-refractivity contribution in [3.05, 3.63) is 66.5 Å². The van der Waals surface area contributed by atoms with Crippen molar-refractivity contribution >= 4 is 28.7 Å². The van der Waals surface area contributed by atoms with Gasteiger partial charge in [0.1, 0.15) is 0 Å². The Bertz CT molecular complexity index is 1150. The normalized spacial score (nSPS) is 11.1. The summed E-state index contributed by atoms with van der Waals surface area (Å²) in [5.74, 6) is 0.353. The van der Waals surface area contributed by atoms with Gasteiger partial charge < -0.3 is 5.32 Å². The molecular weight excluding hydrogens is 342 g/mol. The first-order chi connectivity index (χ1) is 13.2. The van der Waals surface area contributed by atoms with Crippen molar-refractivity contribution in [3.8, 4) is 11.4 Å². The number of carbonyl (C=O) groups excluding carboxylic acids is 1. The minimum Gasteiger partial charge on any atom is -0.322 e. The Morgan fingerprint density at radius 3 is 2.78 bits per heavy atom. The quantitative estimate of drug-likeness (QED) is 0.563. The Hall–Kier alpha value is -3.94. The second-order valence-corrected chi connectivity index (χ2v) is 5.81. The summed E-state index contributed by atoms with van der Waals surface area (Å²) in [6, 6.07) is 14.9. The van der Waals surface area contributed by atoms with Crippen LogP contribution in [0.25, 0.3) is 28.5 Å². The first-order valence-electron chi connectivity index (χ1n) is 8.23. The van der Waals surface area contributed by atoms with E-state index < -0.39 is 0 Å². The van der Waals surface area contributed by atoms with Gasteiger partial charge in [-0.2, -0.15) is 0 Å². The smallest absolute Gasteiger partial charge is 0.248 e. The maximum Gasteiger partial charge on any atom is 0.248 e. The van der Waals surface area contributed by atoms with E-state index in [0.29, 0.717) is 17.2 Å². The molecule has 2 aromatic heterocycles. The number of aryl methyl sites for hydroxylation is 1. The van der Waals surface area contributed by atoms with Gasteiger partial charge in [-0.25, -0.2) is 9.67 Å². The van der Waals surface area contributed by atoms with Gasteiger partial charge >= 0.3 is 0 Å². The molecule has 2 aromatic carbocycles. The molecule has 27 heavy (non-hydrogen) atoms. The van der Waals surface area contributed by atoms with Gasteiger partial charge in [0.15, 0.2) is 5.82 Å². The molecule has 0 bridgehead atoms. The number of amides is 1. The molecule has 0 aliphatic rings. The lowest BCUT2D eigenvalue weighted by Crippen LogP contribution is -2.08. The fourth-order valence-electron chi connectivity index (χ4n) is 2.61. The molecule has 0 unspecified atom stereocenters. The largest absolute Gasteiger partial charge is 0.322 e. The van der Waals surface area contributed by atoms with E-state index in [9.17, 15) is 4.79 Å². The standard InChI is InChI=1S/C19H15N7O/c1-26-19(23-24-25-26)13-5-4-6-14(11-13)22-18(27)10-9-15-12-20-16-7-2-3-8-17(16)21-15/h2-12H,1H3,(H,22,27)/b10-9+. The van der Waals surface area contributed by atoms with Crippen molar-refractivity contribution in [2.24, 2.45) is 7.05 Å². The van der Waals surface area contributed by atoms with Crippen molar-refractivity contribution in [3.63, 3.8) is 0 Å². The van der Waals surface area contributed by atoms with Crippen molar-refractivity contribution in [1.82, 2.24) is 30.2 Å². The SMILES string of the molecule is Cn1nnnc1-c1cccc(NC(=O)/C=C/c2cnc3ccccc3n2)c1. The van der Waals surface area contributed by atoms with E-state index in [4.69, 9.17) is 0 Å². The van der Waals surface area contributed by atoms with Crippen LogP contribution in [0, 0.1) is 0 Å². The van der Waals surface area contributed by atoms with Crippen LogP contribution >= 0.6 is 0 Å². The third-order valence-electron chi connectivity index (χ3n) is 3.88. The number of aromatic nitrogens is 6. The molecule has 1 N–H and O–H groups in total. The van der Waals surface area contributed by atoms with E-state index in [2.05, 4.69) is 30.8 Å². The van der Waals surface area contributed by atoms with E-state index >= 15 is 0 Å². The summed E-state index contributed by atoms with van der Waals surface area (Å²) in [5.41, 5.74) is 3.67. The van der Waals surface area contributed by atoms with Crippen LogP contribution in [-0.4, -0.2) is 36.1 Å². The van der Waals surface area contributed by atoms with Gasteiger partial charge in [-0.05, 0) is 40.8 Å². The topological polar surface area (TPSA) is 98.5 Å². The van der Waals surface area contributed by atoms with Crippen molar-refractivity contribution < 1.29 is 4.79 Å². The van der Waals surface area contributed by atoms with Gasteiger partial charge in [0.2, 0.25) is 5.91 Å². The minimum absolute atomic E-state index is 0.266. The number of carbonyl (C=O) groups is 1. The lowest BCUT2D eigenvalue weighted by atomic mass is 10.2. The molecule has 0 aliphatic carbocycles. The molecule has 0 atom stereocenters. The van der Waals surface area contributed by atoms with Crippen molar-refractivity contribution in [2.45, 2.75) is 0 Å². The maximum absolute atomic E-state index is 12.2. The Morgan fingerprint density at radius 2 is 1.96 bits per heavy atom. The number of para-hydroxylation sites is 2. The van der Waals surface area contributed by atoms with Crippen molar-refractivity contribution in [1.29, 1.82) is 0 Å². The lowest BCUT2D eigenvalue weighted by molar-refractivity contribution is -0.111. The average Bonchev–Trinajstić information content (AvgIpc) is 3.12. The predicted molar refractivity (Wildman–Crippen MR) is 101 cm³/mol. The fourth-order valence-corrected chi connectivity index (χ4v) is 2.61. The van der Waals surface area contributed by atoms with E-state index in [1.807, 2.05) is 42.5 Å². The number of hydrogen-bond acceptors (Lipinski definition) is 6. The first kappa shape index (κ1) is 16.5. The zero-order valence-electron chi connectivity index (χ0n) is 14.4. The number of fused-ring (bicyclic) bond motifs is 1. The molecule has 0 radical (unpaired) electrons. The van der Waals surface area contributed by atoms with E-state index in [-0.39, 0.29) is 5.91 Å². The molecule has 1 amide bonds. The lowest BCUT2D eigenvalue weighted by Gasteiger charge is -2.05. The highest BCUT2D eigenvalue weighted by Gasteiger charge is 2.07. The molecule has 0 saturated carbocycles. The monoisotopic (exact) mass is 357 g/mol. The molecule has 4 rings (SSSR count). The molecule has 132 valence electrons. The van der Waals surface area contributed by atoms with Gasteiger partial charge in [0.25, 0.3) is 0 Å². The van der Waals surface area contributed by atoms with Gasteiger partial charge in [-0.3, -0.25) is 9.78 Å². The highest BCUT2D eigenvalue weighted by molar-refractivity contribution is 6.02. The molecule has 0 aliphatic heterocycles. The summed E-state index contributed by atoms with van der Waals surface area (Å²) < 4.78 is 1.57. The van der Waals surface area contributed by atoms with E-state index in [1.165, 1.54) is 6.08 Å². The fraction of sp³-hybridized carbons (Fsp3) is 0.0526. The van der Waals surface area contributed by atoms with Crippen LogP contribution in [0.4, 0.5) is 5.69 Å². The Labute approximate surface area is 154 Å². The molecule has 8 heteroatoms. The first-order valence-corrected chi connectivity index (χ1v) is 8.23. The van der Waals surface area contributed by atoms with Gasteiger partial charge in [0.05, 0.1) is 22.9 Å². The molecule has 4 aromatic rings. The summed E-state index contributed by atoms with van der Waals surface area (Å²) in [5, 5.41) is 14.2. The van der Waals surface area contributed by atoms with Gasteiger partial charge in [-0.15, -0.1) is 5.10 Å². The highest BCUT2D eigenvalue weighted by Crippen LogP contribution is 2.19. The summed E-state index contributed by atoms with van der Waals surface area (Å²) >= 11 is 0. The highest BCUT2D eigenvalue weighted by atomic mass is 16.1. The van der Waals surface area contributed by atoms with Crippen LogP contribution in [0.2, 0.25) is 0 Å². The second kappa shape index (κ2) is 7.12. The van der Waals surface area contributed by atoms with Crippen LogP contribution in [0.15, 0.2) is 60.8 Å². The molecular formula is C19H15N7O. The number of anilines is 1. The van der Waals surface area contributed by atoms with Gasteiger partial charge in [-0.1, -0.05) is 24.3 Å². The molecule has 0 saturated heterocycles. The molecule has 0 fully saturated rings. The Balaban J connectivity index is 1.49. The Kier molecular flexibility index (Phi) is 4.36. The number of nitrogens with one attached hydrogen (secondary N) is 1. The Morgan fingerprint density at radius 1 is 1.11 bits per heavy atom. The summed E-state index contributed by atoms with van der Waals surface area (Å²) in [6.45, 7) is 0. The molecule has 8 nitrogen and oxygen atoms in total. The zero-order chi connectivity index (χ0) is 18.6. The summed E-state index contributed by atoms with van der Waals surface area (Å²) in [7, 11) is 1.76. The van der Waals surface area contributed by atoms with E-state index in [0.717, 1.165) is 16.6 Å².